The molecular weight excluding hydrogens is 304 g/mol. The number of nitrogens with one attached hydrogen (secondary N) is 2. The molecule has 1 amide bonds. The number of rotatable bonds is 4. The molecule has 1 aliphatic carbocycles. The Morgan fingerprint density at radius 2 is 2.04 bits per heavy atom. The van der Waals surface area contributed by atoms with Crippen molar-refractivity contribution in [2.24, 2.45) is 5.92 Å². The van der Waals surface area contributed by atoms with Crippen molar-refractivity contribution in [3.8, 4) is 0 Å². The number of hydrogen-bond acceptors (Lipinski definition) is 2. The number of carboxylic acids is 1. The van der Waals surface area contributed by atoms with Crippen LogP contribution in [-0.2, 0) is 16.0 Å². The van der Waals surface area contributed by atoms with Gasteiger partial charge in [0.15, 0.2) is 0 Å². The minimum absolute atomic E-state index is 0.190. The molecule has 0 saturated heterocycles. The minimum Gasteiger partial charge on any atom is -0.480 e. The molecule has 3 rings (SSSR count). The third-order valence-corrected chi connectivity index (χ3v) is 5.26. The highest BCUT2D eigenvalue weighted by Crippen LogP contribution is 2.32. The number of aryl methyl sites for hydroxylation is 1. The summed E-state index contributed by atoms with van der Waals surface area (Å²) >= 11 is 0. The van der Waals surface area contributed by atoms with E-state index in [0.717, 1.165) is 34.9 Å². The lowest BCUT2D eigenvalue weighted by Gasteiger charge is -2.36. The van der Waals surface area contributed by atoms with E-state index in [9.17, 15) is 14.7 Å². The lowest BCUT2D eigenvalue weighted by atomic mass is 9.77. The number of carbonyl (C=O) groups is 2. The van der Waals surface area contributed by atoms with Crippen LogP contribution in [0.1, 0.15) is 43.7 Å². The van der Waals surface area contributed by atoms with Gasteiger partial charge >= 0.3 is 5.97 Å². The first-order valence-electron chi connectivity index (χ1n) is 8.51. The van der Waals surface area contributed by atoms with Crippen LogP contribution in [0.2, 0.25) is 0 Å². The summed E-state index contributed by atoms with van der Waals surface area (Å²) in [5.41, 5.74) is 1.91. The van der Waals surface area contributed by atoms with Crippen LogP contribution in [0.5, 0.6) is 0 Å². The number of carbonyl (C=O) groups excluding carboxylic acids is 1. The first-order chi connectivity index (χ1) is 11.4. The van der Waals surface area contributed by atoms with Crippen molar-refractivity contribution in [1.82, 2.24) is 10.3 Å². The maximum atomic E-state index is 12.5. The summed E-state index contributed by atoms with van der Waals surface area (Å²) in [5.74, 6) is -0.625. The van der Waals surface area contributed by atoms with Gasteiger partial charge in [-0.3, -0.25) is 4.79 Å². The number of amides is 1. The molecule has 1 aliphatic rings. The van der Waals surface area contributed by atoms with Gasteiger partial charge in [0.25, 0.3) is 0 Å². The monoisotopic (exact) mass is 328 g/mol. The van der Waals surface area contributed by atoms with Gasteiger partial charge in [0.1, 0.15) is 5.54 Å². The number of fused-ring (bicyclic) bond motifs is 1. The fourth-order valence-corrected chi connectivity index (χ4v) is 3.72. The lowest BCUT2D eigenvalue weighted by molar-refractivity contribution is -0.149. The normalized spacial score (nSPS) is 24.0. The van der Waals surface area contributed by atoms with Crippen LogP contribution in [0, 0.1) is 12.8 Å². The van der Waals surface area contributed by atoms with E-state index in [2.05, 4.69) is 17.2 Å². The number of aliphatic carboxylic acids is 1. The fraction of sp³-hybridized carbons (Fsp3) is 0.474. The van der Waals surface area contributed by atoms with Gasteiger partial charge in [0, 0.05) is 17.1 Å². The van der Waals surface area contributed by atoms with E-state index in [0.29, 0.717) is 18.8 Å². The van der Waals surface area contributed by atoms with Gasteiger partial charge in [-0.25, -0.2) is 4.79 Å². The van der Waals surface area contributed by atoms with E-state index in [-0.39, 0.29) is 12.3 Å². The number of H-pyrrole nitrogens is 1. The summed E-state index contributed by atoms with van der Waals surface area (Å²) < 4.78 is 0. The molecule has 3 N–H and O–H groups in total. The van der Waals surface area contributed by atoms with Gasteiger partial charge in [-0.05, 0) is 55.7 Å². The third-order valence-electron chi connectivity index (χ3n) is 5.26. The molecule has 24 heavy (non-hydrogen) atoms. The SMILES string of the molecule is Cc1cccc2[nH]cc(CC(=O)NC3(C(=O)O)CCC(C)CC3)c12. The number of aromatic nitrogens is 1. The molecule has 0 aliphatic heterocycles. The number of benzene rings is 1. The number of aromatic amines is 1. The van der Waals surface area contributed by atoms with E-state index in [1.165, 1.54) is 0 Å². The molecule has 0 unspecified atom stereocenters. The summed E-state index contributed by atoms with van der Waals surface area (Å²) in [6, 6.07) is 5.96. The Balaban J connectivity index is 1.78. The largest absolute Gasteiger partial charge is 0.480 e. The van der Waals surface area contributed by atoms with Gasteiger partial charge in [-0.15, -0.1) is 0 Å². The van der Waals surface area contributed by atoms with Crippen molar-refractivity contribution in [2.75, 3.05) is 0 Å². The van der Waals surface area contributed by atoms with E-state index < -0.39 is 11.5 Å². The number of hydrogen-bond donors (Lipinski definition) is 3. The molecular formula is C19H24N2O3. The van der Waals surface area contributed by atoms with Gasteiger partial charge in [0.05, 0.1) is 6.42 Å². The maximum Gasteiger partial charge on any atom is 0.329 e. The predicted molar refractivity (Wildman–Crippen MR) is 92.9 cm³/mol. The molecule has 5 nitrogen and oxygen atoms in total. The highest BCUT2D eigenvalue weighted by atomic mass is 16.4. The quantitative estimate of drug-likeness (QED) is 0.806. The second kappa shape index (κ2) is 6.30. The van der Waals surface area contributed by atoms with Crippen molar-refractivity contribution in [2.45, 2.75) is 51.5 Å². The second-order valence-corrected chi connectivity index (χ2v) is 7.11. The first-order valence-corrected chi connectivity index (χ1v) is 8.51. The Bertz CT molecular complexity index is 770. The second-order valence-electron chi connectivity index (χ2n) is 7.11. The van der Waals surface area contributed by atoms with E-state index in [1.54, 1.807) is 0 Å². The maximum absolute atomic E-state index is 12.5. The predicted octanol–water partition coefficient (Wildman–Crippen LogP) is 3.17. The van der Waals surface area contributed by atoms with Crippen LogP contribution in [0.25, 0.3) is 10.9 Å². The van der Waals surface area contributed by atoms with E-state index in [1.807, 2.05) is 31.3 Å². The zero-order chi connectivity index (χ0) is 17.3. The molecule has 128 valence electrons. The average molecular weight is 328 g/mol. The Hall–Kier alpha value is -2.30. The summed E-state index contributed by atoms with van der Waals surface area (Å²) in [4.78, 5) is 27.5. The molecule has 0 radical (unpaired) electrons. The van der Waals surface area contributed by atoms with Gasteiger partial charge in [-0.1, -0.05) is 19.1 Å². The van der Waals surface area contributed by atoms with E-state index in [4.69, 9.17) is 0 Å². The zero-order valence-electron chi connectivity index (χ0n) is 14.2. The summed E-state index contributed by atoms with van der Waals surface area (Å²) in [6.07, 6.45) is 4.70. The average Bonchev–Trinajstić information content (AvgIpc) is 2.94. The van der Waals surface area contributed by atoms with Crippen LogP contribution in [0.15, 0.2) is 24.4 Å². The molecule has 1 heterocycles. The van der Waals surface area contributed by atoms with Crippen molar-refractivity contribution in [1.29, 1.82) is 0 Å². The lowest BCUT2D eigenvalue weighted by Crippen LogP contribution is -2.56. The van der Waals surface area contributed by atoms with Crippen LogP contribution in [-0.4, -0.2) is 27.5 Å². The smallest absolute Gasteiger partial charge is 0.329 e. The molecule has 0 atom stereocenters. The molecule has 0 bridgehead atoms. The molecule has 1 aromatic heterocycles. The summed E-state index contributed by atoms with van der Waals surface area (Å²) in [6.45, 7) is 4.14. The molecule has 0 spiro atoms. The standard InChI is InChI=1S/C19H24N2O3/c1-12-6-8-19(9-7-12,18(23)24)21-16(22)10-14-11-20-15-5-3-4-13(2)17(14)15/h3-5,11-12,20H,6-10H2,1-2H3,(H,21,22)(H,23,24). The van der Waals surface area contributed by atoms with Crippen molar-refractivity contribution in [3.05, 3.63) is 35.5 Å². The first kappa shape index (κ1) is 16.6. The molecule has 1 aromatic carbocycles. The highest BCUT2D eigenvalue weighted by molar-refractivity contribution is 5.93. The Morgan fingerprint density at radius 3 is 2.71 bits per heavy atom. The Morgan fingerprint density at radius 1 is 1.33 bits per heavy atom. The number of carboxylic acid groups (broad SMARTS) is 1. The van der Waals surface area contributed by atoms with Crippen LogP contribution < -0.4 is 5.32 Å². The van der Waals surface area contributed by atoms with Crippen LogP contribution >= 0.6 is 0 Å². The fourth-order valence-electron chi connectivity index (χ4n) is 3.72. The minimum atomic E-state index is -1.11. The van der Waals surface area contributed by atoms with Crippen molar-refractivity contribution >= 4 is 22.8 Å². The van der Waals surface area contributed by atoms with Gasteiger partial charge < -0.3 is 15.4 Å². The Labute approximate surface area is 141 Å². The van der Waals surface area contributed by atoms with Gasteiger partial charge in [-0.2, -0.15) is 0 Å². The summed E-state index contributed by atoms with van der Waals surface area (Å²) in [7, 11) is 0. The highest BCUT2D eigenvalue weighted by Gasteiger charge is 2.42. The zero-order valence-corrected chi connectivity index (χ0v) is 14.2. The van der Waals surface area contributed by atoms with Gasteiger partial charge in [0.2, 0.25) is 5.91 Å². The third kappa shape index (κ3) is 3.03. The molecule has 1 fully saturated rings. The topological polar surface area (TPSA) is 82.2 Å². The molecule has 5 heteroatoms. The van der Waals surface area contributed by atoms with Crippen LogP contribution in [0.4, 0.5) is 0 Å². The van der Waals surface area contributed by atoms with Crippen molar-refractivity contribution in [3.63, 3.8) is 0 Å². The van der Waals surface area contributed by atoms with Crippen molar-refractivity contribution < 1.29 is 14.7 Å². The molecule has 2 aromatic rings. The summed E-state index contributed by atoms with van der Waals surface area (Å²) in [5, 5.41) is 13.5. The van der Waals surface area contributed by atoms with Crippen LogP contribution in [0.3, 0.4) is 0 Å². The molecule has 1 saturated carbocycles. The van der Waals surface area contributed by atoms with E-state index >= 15 is 0 Å². The Kier molecular flexibility index (Phi) is 4.35.